The Morgan fingerprint density at radius 1 is 0.495 bits per heavy atom. The minimum Gasteiger partial charge on any atom is -0.477 e. The first kappa shape index (κ1) is 91.9. The number of carboxylic acid groups (broad SMARTS) is 1. The van der Waals surface area contributed by atoms with Gasteiger partial charge in [0, 0.05) is 26.7 Å². The second kappa shape index (κ2) is 48.2. The lowest BCUT2D eigenvalue weighted by Crippen LogP contribution is -2.72. The molecule has 0 aromatic carbocycles. The molecule has 5 heterocycles. The maximum atomic E-state index is 13.8. The molecule has 0 radical (unpaired) electrons. The summed E-state index contributed by atoms with van der Waals surface area (Å²) in [7, 11) is 0. The summed E-state index contributed by atoms with van der Waals surface area (Å²) in [6.07, 6.45) is -18.3. The van der Waals surface area contributed by atoms with E-state index in [-0.39, 0.29) is 6.42 Å². The van der Waals surface area contributed by atoms with Crippen LogP contribution in [-0.4, -0.2) is 321 Å². The fourth-order valence-electron chi connectivity index (χ4n) is 13.7. The third-order valence-corrected chi connectivity index (χ3v) is 19.7. The number of nitrogens with one attached hydrogen (secondary N) is 3. The lowest BCUT2D eigenvalue weighted by Gasteiger charge is -2.52. The van der Waals surface area contributed by atoms with Crippen LogP contribution in [0.1, 0.15) is 188 Å². The van der Waals surface area contributed by atoms with Crippen molar-refractivity contribution < 1.29 is 153 Å². The predicted octanol–water partition coefficient (Wildman–Crippen LogP) is -2.05. The molecule has 5 aliphatic rings. The summed E-state index contributed by atoms with van der Waals surface area (Å²) in [6, 6.07) is -4.81. The van der Waals surface area contributed by atoms with E-state index in [0.717, 1.165) is 78.1 Å². The third-order valence-electron chi connectivity index (χ3n) is 19.7. The van der Waals surface area contributed by atoms with Crippen molar-refractivity contribution in [2.24, 2.45) is 0 Å². The molecule has 34 nitrogen and oxygen atoms in total. The summed E-state index contributed by atoms with van der Waals surface area (Å²) in [4.78, 5) is 52.9. The number of ether oxygens (including phenoxy) is 10. The Labute approximate surface area is 614 Å². The van der Waals surface area contributed by atoms with Gasteiger partial charge in [-0.05, 0) is 44.9 Å². The van der Waals surface area contributed by atoms with Crippen molar-refractivity contribution in [2.45, 2.75) is 359 Å². The molecular weight excluding hydrogens is 1390 g/mol. The van der Waals surface area contributed by atoms with Crippen molar-refractivity contribution in [3.8, 4) is 0 Å². The third kappa shape index (κ3) is 27.9. The summed E-state index contributed by atoms with van der Waals surface area (Å²) >= 11 is 0. The van der Waals surface area contributed by atoms with Gasteiger partial charge in [-0.3, -0.25) is 14.4 Å². The van der Waals surface area contributed by atoms with Crippen LogP contribution in [0.25, 0.3) is 0 Å². The van der Waals surface area contributed by atoms with Crippen LogP contribution in [0.15, 0.2) is 24.3 Å². The van der Waals surface area contributed by atoms with E-state index in [0.29, 0.717) is 12.8 Å². The Balaban J connectivity index is 1.42. The van der Waals surface area contributed by atoms with Crippen molar-refractivity contribution >= 4 is 23.7 Å². The number of aliphatic hydroxyl groups excluding tert-OH is 16. The number of aliphatic carboxylic acids is 1. The van der Waals surface area contributed by atoms with E-state index in [1.807, 2.05) is 0 Å². The number of carbonyl (C=O) groups excluding carboxylic acids is 3. The van der Waals surface area contributed by atoms with E-state index in [1.165, 1.54) is 76.7 Å². The van der Waals surface area contributed by atoms with E-state index in [4.69, 9.17) is 47.4 Å². The van der Waals surface area contributed by atoms with E-state index in [1.54, 1.807) is 6.08 Å². The number of allylic oxidation sites excluding steroid dienone is 3. The highest BCUT2D eigenvalue weighted by Crippen LogP contribution is 2.41. The summed E-state index contributed by atoms with van der Waals surface area (Å²) in [6.45, 7) is 0.262. The molecule has 610 valence electrons. The molecule has 5 rings (SSSR count). The molecule has 0 bridgehead atoms. The van der Waals surface area contributed by atoms with E-state index in [2.05, 4.69) is 41.9 Å². The normalized spacial score (nSPS) is 35.1. The molecule has 0 saturated carbocycles. The van der Waals surface area contributed by atoms with Gasteiger partial charge in [0.25, 0.3) is 5.79 Å². The van der Waals surface area contributed by atoms with Gasteiger partial charge in [0.15, 0.2) is 25.2 Å². The van der Waals surface area contributed by atoms with Gasteiger partial charge in [0.1, 0.15) is 116 Å². The van der Waals surface area contributed by atoms with Crippen LogP contribution >= 0.6 is 0 Å². The Hall–Kier alpha value is -3.68. The maximum absolute atomic E-state index is 13.8. The number of carbonyl (C=O) groups is 4. The van der Waals surface area contributed by atoms with Gasteiger partial charge in [0.05, 0.1) is 63.9 Å². The zero-order valence-corrected chi connectivity index (χ0v) is 61.1. The van der Waals surface area contributed by atoms with Crippen LogP contribution in [0.4, 0.5) is 0 Å². The van der Waals surface area contributed by atoms with Crippen LogP contribution in [0.5, 0.6) is 0 Å². The van der Waals surface area contributed by atoms with Gasteiger partial charge in [-0.25, -0.2) is 4.79 Å². The molecule has 20 N–H and O–H groups in total. The number of unbranched alkanes of at least 4 members (excludes halogenated alkanes) is 20. The van der Waals surface area contributed by atoms with Crippen molar-refractivity contribution in [2.75, 3.05) is 39.6 Å². The van der Waals surface area contributed by atoms with E-state index in [9.17, 15) is 106 Å². The topological polar surface area (TPSA) is 541 Å². The average Bonchev–Trinajstić information content (AvgIpc) is 0.759. The second-order valence-corrected chi connectivity index (χ2v) is 28.2. The SMILES string of the molecule is CCCCCC/C=C\CCCCCCCC(=O)N[C@@H](CO[C@@H]1O[C@H](CO)[C@@H](O[C@@H]2O[C@H](CO)[C@H](O[C@@H]3O[C@H](CO)[C@H](O)[C@H](O[C@@H]4O[C@H](CO)[C@H](O)[C@H](O)[C@H]4O)[C@H]3NC(C)=O)[C@H](O[C@]3(C(=O)O)C[C@H](O)[C@@H](NC(C)=O)[C@@H]([C@@H](O)[C@H](O)CO)O3)[C@H]2O)[C@H](O)[C@H]1O)[C@H](O)/C=C/CCCCCCCCCCCCC. The molecular formula is C71H125N3O31. The number of carboxylic acids is 1. The number of aliphatic hydroxyl groups is 16. The fourth-order valence-corrected chi connectivity index (χ4v) is 13.7. The van der Waals surface area contributed by atoms with Gasteiger partial charge in [-0.2, -0.15) is 0 Å². The lowest BCUT2D eigenvalue weighted by atomic mass is 9.88. The van der Waals surface area contributed by atoms with Gasteiger partial charge in [0.2, 0.25) is 17.7 Å². The Morgan fingerprint density at radius 3 is 1.50 bits per heavy atom. The predicted molar refractivity (Wildman–Crippen MR) is 369 cm³/mol. The first-order valence-electron chi connectivity index (χ1n) is 37.7. The highest BCUT2D eigenvalue weighted by atomic mass is 16.8. The average molecular weight is 1520 g/mol. The minimum absolute atomic E-state index is 0.120. The van der Waals surface area contributed by atoms with Crippen LogP contribution in [0.3, 0.4) is 0 Å². The zero-order valence-electron chi connectivity index (χ0n) is 61.1. The molecule has 0 aliphatic carbocycles. The number of amides is 3. The van der Waals surface area contributed by atoms with Gasteiger partial charge < -0.3 is 150 Å². The smallest absolute Gasteiger partial charge is 0.364 e. The van der Waals surface area contributed by atoms with Crippen molar-refractivity contribution in [1.82, 2.24) is 16.0 Å². The van der Waals surface area contributed by atoms with Crippen LogP contribution in [0.2, 0.25) is 0 Å². The van der Waals surface area contributed by atoms with Gasteiger partial charge >= 0.3 is 5.97 Å². The quantitative estimate of drug-likeness (QED) is 0.0230. The van der Waals surface area contributed by atoms with E-state index >= 15 is 0 Å². The first-order chi connectivity index (χ1) is 50.3. The molecule has 28 atom stereocenters. The monoisotopic (exact) mass is 1520 g/mol. The first-order valence-corrected chi connectivity index (χ1v) is 37.7. The number of rotatable bonds is 49. The lowest BCUT2D eigenvalue weighted by molar-refractivity contribution is -0.403. The zero-order chi connectivity index (χ0) is 77.3. The second-order valence-electron chi connectivity index (χ2n) is 28.2. The van der Waals surface area contributed by atoms with Crippen molar-refractivity contribution in [3.05, 3.63) is 24.3 Å². The molecule has 5 fully saturated rings. The van der Waals surface area contributed by atoms with Gasteiger partial charge in [-0.15, -0.1) is 0 Å². The summed E-state index contributed by atoms with van der Waals surface area (Å²) in [5, 5.41) is 197. The van der Waals surface area contributed by atoms with Crippen LogP contribution in [-0.2, 0) is 66.5 Å². The molecule has 5 aliphatic heterocycles. The van der Waals surface area contributed by atoms with Crippen molar-refractivity contribution in [1.29, 1.82) is 0 Å². The fraction of sp³-hybridized carbons (Fsp3) is 0.887. The maximum Gasteiger partial charge on any atom is 0.364 e. The minimum atomic E-state index is -3.38. The molecule has 0 aromatic rings. The van der Waals surface area contributed by atoms with Crippen LogP contribution in [0, 0.1) is 0 Å². The largest absolute Gasteiger partial charge is 0.477 e. The Morgan fingerprint density at radius 2 is 0.952 bits per heavy atom. The molecule has 0 unspecified atom stereocenters. The number of hydrogen-bond donors (Lipinski definition) is 20. The highest BCUT2D eigenvalue weighted by Gasteiger charge is 2.62. The molecule has 34 heteroatoms. The van der Waals surface area contributed by atoms with Crippen LogP contribution < -0.4 is 16.0 Å². The molecule has 0 aromatic heterocycles. The Kier molecular flexibility index (Phi) is 42.2. The summed E-state index contributed by atoms with van der Waals surface area (Å²) in [5.74, 6) is -7.73. The summed E-state index contributed by atoms with van der Waals surface area (Å²) in [5.41, 5.74) is 0. The molecule has 0 spiro atoms. The van der Waals surface area contributed by atoms with E-state index < -0.39 is 241 Å². The highest BCUT2D eigenvalue weighted by molar-refractivity contribution is 5.77. The van der Waals surface area contributed by atoms with Gasteiger partial charge in [-0.1, -0.05) is 141 Å². The molecule has 5 saturated heterocycles. The molecule has 3 amide bonds. The summed E-state index contributed by atoms with van der Waals surface area (Å²) < 4.78 is 60.0. The van der Waals surface area contributed by atoms with Crippen molar-refractivity contribution in [3.63, 3.8) is 0 Å². The number of hydrogen-bond acceptors (Lipinski definition) is 30. The standard InChI is InChI=1S/C71H125N3O31/c1-5-7-9-11-13-15-17-19-21-23-25-27-29-31-43(82)42(74-50(85)32-30-28-26-24-22-20-18-16-14-12-10-8-6-2)39-96-67-59(92)57(90)61(48(37-78)99-67)101-69-60(93)65(105-71(70(94)95)33-44(83)51(72-40(3)80)64(104-71)53(86)45(84)34-75)62(49(38-79)100-69)102-66-52(73-41(4)81)63(55(88)47(36-77)97-66)103-68-58(91)56(89)54(87)46(35-76)98-68/h16,18,29,31,42-49,51-69,75-79,82-84,86-93H,5-15,17,19-28,30,32-39H2,1-4H3,(H,72,80)(H,73,81)(H,74,85)(H,94,95)/b18-16-,31-29+/t42-,43+,44-,45+,46+,47+,48+,49+,51+,52+,53-,54-,55-,56-,57+,58+,59+,60+,61+,62-,63+,64-,65+,66-,67+,68-,69-,71-/m0/s1. The molecule has 105 heavy (non-hydrogen) atoms. The Bertz CT molecular complexity index is 2510.